The molecule has 0 radical (unpaired) electrons. The second-order valence-corrected chi connectivity index (χ2v) is 6.45. The van der Waals surface area contributed by atoms with Gasteiger partial charge in [0.25, 0.3) is 11.9 Å². The molecule has 0 saturated carbocycles. The van der Waals surface area contributed by atoms with Gasteiger partial charge in [-0.3, -0.25) is 9.89 Å². The Morgan fingerprint density at radius 1 is 1.18 bits per heavy atom. The van der Waals surface area contributed by atoms with Crippen LogP contribution in [0.1, 0.15) is 27.8 Å². The van der Waals surface area contributed by atoms with Crippen molar-refractivity contribution in [2.75, 3.05) is 5.32 Å². The minimum atomic E-state index is -4.71. The van der Waals surface area contributed by atoms with Crippen molar-refractivity contribution < 1.29 is 22.7 Å². The number of hydrogen-bond donors (Lipinski definition) is 2. The van der Waals surface area contributed by atoms with E-state index in [4.69, 9.17) is 10.00 Å². The number of aromatic nitrogens is 7. The van der Waals surface area contributed by atoms with Gasteiger partial charge in [-0.1, -0.05) is 0 Å². The largest absolute Gasteiger partial charge is 0.451 e. The number of benzene rings is 1. The van der Waals surface area contributed by atoms with Gasteiger partial charge in [-0.25, -0.2) is 9.97 Å². The summed E-state index contributed by atoms with van der Waals surface area (Å²) >= 11 is 0. The smallest absolute Gasteiger partial charge is 0.439 e. The van der Waals surface area contributed by atoms with Gasteiger partial charge < -0.3 is 10.1 Å². The number of aryl methyl sites for hydroxylation is 1. The van der Waals surface area contributed by atoms with Gasteiger partial charge in [0.05, 0.1) is 23.5 Å². The molecule has 0 spiro atoms. The molecule has 0 bridgehead atoms. The molecule has 11 nitrogen and oxygen atoms in total. The van der Waals surface area contributed by atoms with Gasteiger partial charge in [0.1, 0.15) is 11.6 Å². The fourth-order valence-corrected chi connectivity index (χ4v) is 2.57. The maximum absolute atomic E-state index is 12.7. The quantitative estimate of drug-likeness (QED) is 0.467. The van der Waals surface area contributed by atoms with E-state index in [1.807, 2.05) is 6.07 Å². The van der Waals surface area contributed by atoms with E-state index in [-0.39, 0.29) is 17.5 Å². The first-order chi connectivity index (χ1) is 15.7. The molecule has 0 fully saturated rings. The maximum Gasteiger partial charge on any atom is 0.451 e. The normalized spacial score (nSPS) is 11.1. The van der Waals surface area contributed by atoms with Crippen LogP contribution in [0.4, 0.5) is 18.9 Å². The van der Waals surface area contributed by atoms with Gasteiger partial charge in [-0.05, 0) is 37.3 Å². The van der Waals surface area contributed by atoms with Crippen molar-refractivity contribution in [1.82, 2.24) is 34.9 Å². The van der Waals surface area contributed by atoms with Crippen LogP contribution in [0.2, 0.25) is 0 Å². The minimum Gasteiger partial charge on any atom is -0.439 e. The number of nitrogens with zero attached hydrogens (tertiary/aromatic N) is 7. The van der Waals surface area contributed by atoms with E-state index < -0.39 is 23.9 Å². The summed E-state index contributed by atoms with van der Waals surface area (Å²) in [6, 6.07) is 11.5. The molecule has 1 aromatic carbocycles. The van der Waals surface area contributed by atoms with Gasteiger partial charge in [0.2, 0.25) is 17.5 Å². The van der Waals surface area contributed by atoms with Crippen molar-refractivity contribution in [3.8, 4) is 23.6 Å². The Morgan fingerprint density at radius 2 is 1.94 bits per heavy atom. The molecule has 3 heterocycles. The number of hydrogen-bond acceptors (Lipinski definition) is 8. The number of rotatable bonds is 5. The van der Waals surface area contributed by atoms with Gasteiger partial charge in [-0.15, -0.1) is 10.2 Å². The predicted octanol–water partition coefficient (Wildman–Crippen LogP) is 3.02. The lowest BCUT2D eigenvalue weighted by Crippen LogP contribution is -2.14. The third kappa shape index (κ3) is 4.77. The van der Waals surface area contributed by atoms with Crippen molar-refractivity contribution in [1.29, 1.82) is 5.26 Å². The molecule has 0 aliphatic heterocycles. The number of aromatic amines is 1. The molecular weight excluding hydrogens is 443 g/mol. The van der Waals surface area contributed by atoms with E-state index >= 15 is 0 Å². The molecule has 0 atom stereocenters. The molecule has 3 aromatic heterocycles. The first kappa shape index (κ1) is 21.4. The molecule has 0 unspecified atom stereocenters. The highest BCUT2D eigenvalue weighted by molar-refractivity contribution is 6.01. The van der Waals surface area contributed by atoms with E-state index in [0.29, 0.717) is 17.0 Å². The number of carbonyl (C=O) groups excluding carboxylic acids is 1. The van der Waals surface area contributed by atoms with Crippen molar-refractivity contribution in [2.45, 2.75) is 13.1 Å². The van der Waals surface area contributed by atoms with Gasteiger partial charge in [0, 0.05) is 6.07 Å². The van der Waals surface area contributed by atoms with E-state index in [2.05, 4.69) is 30.5 Å². The van der Waals surface area contributed by atoms with Crippen LogP contribution < -0.4 is 10.1 Å². The molecule has 33 heavy (non-hydrogen) atoms. The number of H-pyrrole nitrogens is 1. The fourth-order valence-electron chi connectivity index (χ4n) is 2.57. The molecule has 14 heteroatoms. The summed E-state index contributed by atoms with van der Waals surface area (Å²) in [4.78, 5) is 23.8. The standard InChI is InChI=1S/C19H12F3N9O2/c1-10-25-15(30-31(10)18-27-17(28-29-18)19(20,21)22)16(32)26-12-4-7-14(24-9-12)33-13-5-2-11(8-23)3-6-13/h2-7,9H,1H3,(H,26,32)(H,27,28,29). The summed E-state index contributed by atoms with van der Waals surface area (Å²) in [5.41, 5.74) is 0.793. The van der Waals surface area contributed by atoms with E-state index in [1.165, 1.54) is 25.3 Å². The van der Waals surface area contributed by atoms with Gasteiger partial charge in [0.15, 0.2) is 0 Å². The van der Waals surface area contributed by atoms with Gasteiger partial charge >= 0.3 is 6.18 Å². The first-order valence-electron chi connectivity index (χ1n) is 9.12. The molecular formula is C19H12F3N9O2. The molecule has 166 valence electrons. The summed E-state index contributed by atoms with van der Waals surface area (Å²) in [6.07, 6.45) is -3.37. The molecule has 2 N–H and O–H groups in total. The minimum absolute atomic E-state index is 0.108. The Hall–Kier alpha value is -4.80. The van der Waals surface area contributed by atoms with Crippen LogP contribution in [0.5, 0.6) is 11.6 Å². The highest BCUT2D eigenvalue weighted by Gasteiger charge is 2.35. The summed E-state index contributed by atoms with van der Waals surface area (Å²) in [5, 5.41) is 20.4. The topological polar surface area (TPSA) is 147 Å². The van der Waals surface area contributed by atoms with Crippen LogP contribution in [0.3, 0.4) is 0 Å². The summed E-state index contributed by atoms with van der Waals surface area (Å²) in [7, 11) is 0. The number of alkyl halides is 3. The number of nitriles is 1. The Kier molecular flexibility index (Phi) is 5.44. The molecule has 0 aliphatic rings. The van der Waals surface area contributed by atoms with E-state index in [0.717, 1.165) is 4.68 Å². The van der Waals surface area contributed by atoms with Crippen molar-refractivity contribution >= 4 is 11.6 Å². The zero-order chi connectivity index (χ0) is 23.6. The molecule has 4 aromatic rings. The number of nitrogens with one attached hydrogen (secondary N) is 2. The molecule has 0 saturated heterocycles. The zero-order valence-electron chi connectivity index (χ0n) is 16.6. The Labute approximate surface area is 182 Å². The molecule has 1 amide bonds. The van der Waals surface area contributed by atoms with Crippen LogP contribution in [0, 0.1) is 18.3 Å². The van der Waals surface area contributed by atoms with Crippen LogP contribution in [0.15, 0.2) is 42.6 Å². The third-order valence-corrected chi connectivity index (χ3v) is 4.10. The lowest BCUT2D eigenvalue weighted by Gasteiger charge is -2.06. The lowest BCUT2D eigenvalue weighted by molar-refractivity contribution is -0.144. The lowest BCUT2D eigenvalue weighted by atomic mass is 10.2. The number of halogens is 3. The molecule has 0 aliphatic carbocycles. The average Bonchev–Trinajstić information content (AvgIpc) is 3.42. The third-order valence-electron chi connectivity index (χ3n) is 4.10. The highest BCUT2D eigenvalue weighted by atomic mass is 19.4. The average molecular weight is 455 g/mol. The van der Waals surface area contributed by atoms with Crippen LogP contribution in [-0.4, -0.2) is 40.8 Å². The maximum atomic E-state index is 12.7. The number of pyridine rings is 1. The Morgan fingerprint density at radius 3 is 2.55 bits per heavy atom. The Bertz CT molecular complexity index is 1340. The van der Waals surface area contributed by atoms with Crippen molar-refractivity contribution in [2.24, 2.45) is 0 Å². The molecule has 4 rings (SSSR count). The zero-order valence-corrected chi connectivity index (χ0v) is 16.6. The van der Waals surface area contributed by atoms with Gasteiger partial charge in [-0.2, -0.15) is 28.1 Å². The van der Waals surface area contributed by atoms with Crippen molar-refractivity contribution in [3.63, 3.8) is 0 Å². The van der Waals surface area contributed by atoms with E-state index in [9.17, 15) is 18.0 Å². The number of carbonyl (C=O) groups is 1. The fraction of sp³-hybridized carbons (Fsp3) is 0.105. The second-order valence-electron chi connectivity index (χ2n) is 6.45. The first-order valence-corrected chi connectivity index (χ1v) is 9.12. The van der Waals surface area contributed by atoms with Crippen molar-refractivity contribution in [3.05, 3.63) is 65.6 Å². The second kappa shape index (κ2) is 8.38. The number of anilines is 1. The number of ether oxygens (including phenoxy) is 1. The summed E-state index contributed by atoms with van der Waals surface area (Å²) in [5.74, 6) is -1.89. The van der Waals surface area contributed by atoms with Crippen LogP contribution in [-0.2, 0) is 6.18 Å². The number of amides is 1. The van der Waals surface area contributed by atoms with Crippen LogP contribution in [0.25, 0.3) is 5.95 Å². The van der Waals surface area contributed by atoms with E-state index in [1.54, 1.807) is 29.4 Å². The summed E-state index contributed by atoms with van der Waals surface area (Å²) in [6.45, 7) is 1.43. The summed E-state index contributed by atoms with van der Waals surface area (Å²) < 4.78 is 44.6. The predicted molar refractivity (Wildman–Crippen MR) is 104 cm³/mol. The Balaban J connectivity index is 1.43. The SMILES string of the molecule is Cc1nc(C(=O)Nc2ccc(Oc3ccc(C#N)cc3)nc2)nn1-c1n[nH]c(C(F)(F)F)n1. The monoisotopic (exact) mass is 455 g/mol. The van der Waals surface area contributed by atoms with Crippen LogP contribution >= 0.6 is 0 Å². The highest BCUT2D eigenvalue weighted by Crippen LogP contribution is 2.26.